The third kappa shape index (κ3) is 2.63. The van der Waals surface area contributed by atoms with E-state index in [9.17, 15) is 13.5 Å². The summed E-state index contributed by atoms with van der Waals surface area (Å²) in [5.41, 5.74) is 1.05. The molecule has 1 aromatic rings. The average molecular weight is 215 g/mol. The van der Waals surface area contributed by atoms with Crippen molar-refractivity contribution in [2.75, 3.05) is 11.0 Å². The predicted octanol–water partition coefficient (Wildman–Crippen LogP) is 1.33. The molecule has 14 heavy (non-hydrogen) atoms. The van der Waals surface area contributed by atoms with Crippen molar-refractivity contribution in [1.29, 1.82) is 0 Å². The lowest BCUT2D eigenvalue weighted by atomic mass is 10.1. The predicted molar refractivity (Wildman–Crippen MR) is 56.0 cm³/mol. The molecule has 0 amide bonds. The molecule has 0 aliphatic rings. The van der Waals surface area contributed by atoms with Crippen LogP contribution in [-0.4, -0.2) is 19.8 Å². The number of rotatable bonds is 3. The first-order valence-corrected chi connectivity index (χ1v) is 6.12. The third-order valence-corrected chi connectivity index (χ3v) is 2.39. The van der Waals surface area contributed by atoms with Gasteiger partial charge in [0.1, 0.15) is 5.75 Å². The van der Waals surface area contributed by atoms with Crippen molar-refractivity contribution in [2.24, 2.45) is 0 Å². The highest BCUT2D eigenvalue weighted by atomic mass is 32.2. The van der Waals surface area contributed by atoms with Gasteiger partial charge >= 0.3 is 0 Å². The molecule has 0 saturated heterocycles. The van der Waals surface area contributed by atoms with E-state index >= 15 is 0 Å². The Morgan fingerprint density at radius 3 is 2.57 bits per heavy atom. The van der Waals surface area contributed by atoms with Crippen molar-refractivity contribution < 1.29 is 13.5 Å². The van der Waals surface area contributed by atoms with E-state index in [0.29, 0.717) is 17.7 Å². The first-order valence-electron chi connectivity index (χ1n) is 4.22. The van der Waals surface area contributed by atoms with Crippen LogP contribution in [0.1, 0.15) is 12.5 Å². The Balaban J connectivity index is 3.15. The van der Waals surface area contributed by atoms with Gasteiger partial charge in [0.2, 0.25) is 10.0 Å². The number of aromatic hydroxyl groups is 1. The minimum atomic E-state index is -3.29. The van der Waals surface area contributed by atoms with Crippen molar-refractivity contribution in [2.45, 2.75) is 13.3 Å². The zero-order valence-corrected chi connectivity index (χ0v) is 8.93. The average Bonchev–Trinajstić information content (AvgIpc) is 2.01. The number of benzene rings is 1. The van der Waals surface area contributed by atoms with E-state index in [1.807, 2.05) is 6.92 Å². The summed E-state index contributed by atoms with van der Waals surface area (Å²) in [6.45, 7) is 1.85. The van der Waals surface area contributed by atoms with Gasteiger partial charge in [-0.05, 0) is 18.6 Å². The largest absolute Gasteiger partial charge is 0.508 e. The standard InChI is InChI=1S/C9H13NO3S/c1-3-7-8(10-14(2,12)13)5-4-6-9(7)11/h4-6,10-11H,3H2,1-2H3. The topological polar surface area (TPSA) is 66.4 Å². The number of anilines is 1. The summed E-state index contributed by atoms with van der Waals surface area (Å²) in [6.07, 6.45) is 1.65. The summed E-state index contributed by atoms with van der Waals surface area (Å²) in [5.74, 6) is 0.112. The van der Waals surface area contributed by atoms with E-state index in [2.05, 4.69) is 4.72 Å². The van der Waals surface area contributed by atoms with Crippen molar-refractivity contribution >= 4 is 15.7 Å². The van der Waals surface area contributed by atoms with Crippen LogP contribution in [0, 0.1) is 0 Å². The maximum absolute atomic E-state index is 11.0. The Morgan fingerprint density at radius 2 is 2.07 bits per heavy atom. The minimum absolute atomic E-state index is 0.112. The molecular weight excluding hydrogens is 202 g/mol. The molecule has 2 N–H and O–H groups in total. The van der Waals surface area contributed by atoms with Crippen LogP contribution in [0.5, 0.6) is 5.75 Å². The van der Waals surface area contributed by atoms with Crippen molar-refractivity contribution in [3.05, 3.63) is 23.8 Å². The van der Waals surface area contributed by atoms with Gasteiger partial charge in [0, 0.05) is 5.56 Å². The lowest BCUT2D eigenvalue weighted by Gasteiger charge is -2.10. The van der Waals surface area contributed by atoms with Gasteiger partial charge in [-0.15, -0.1) is 0 Å². The zero-order valence-electron chi connectivity index (χ0n) is 8.11. The van der Waals surface area contributed by atoms with Crippen LogP contribution in [0.15, 0.2) is 18.2 Å². The highest BCUT2D eigenvalue weighted by molar-refractivity contribution is 7.92. The van der Waals surface area contributed by atoms with E-state index in [1.54, 1.807) is 12.1 Å². The van der Waals surface area contributed by atoms with Crippen LogP contribution in [0.3, 0.4) is 0 Å². The van der Waals surface area contributed by atoms with E-state index in [4.69, 9.17) is 0 Å². The van der Waals surface area contributed by atoms with Crippen molar-refractivity contribution in [1.82, 2.24) is 0 Å². The summed E-state index contributed by atoms with van der Waals surface area (Å²) < 4.78 is 24.3. The fourth-order valence-electron chi connectivity index (χ4n) is 1.24. The molecule has 0 aromatic heterocycles. The maximum atomic E-state index is 11.0. The lowest BCUT2D eigenvalue weighted by molar-refractivity contribution is 0.469. The first-order chi connectivity index (χ1) is 6.44. The molecule has 0 radical (unpaired) electrons. The third-order valence-electron chi connectivity index (χ3n) is 1.80. The smallest absolute Gasteiger partial charge is 0.229 e. The zero-order chi connectivity index (χ0) is 10.8. The Bertz CT molecular complexity index is 426. The number of sulfonamides is 1. The fourth-order valence-corrected chi connectivity index (χ4v) is 1.83. The van der Waals surface area contributed by atoms with Gasteiger partial charge in [0.15, 0.2) is 0 Å². The molecule has 1 rings (SSSR count). The number of hydrogen-bond acceptors (Lipinski definition) is 3. The summed E-state index contributed by atoms with van der Waals surface area (Å²) in [6, 6.07) is 4.76. The van der Waals surface area contributed by atoms with E-state index in [0.717, 1.165) is 6.26 Å². The van der Waals surface area contributed by atoms with Gasteiger partial charge in [-0.25, -0.2) is 8.42 Å². The van der Waals surface area contributed by atoms with Gasteiger partial charge < -0.3 is 5.11 Å². The molecule has 0 aliphatic heterocycles. The summed E-state index contributed by atoms with van der Waals surface area (Å²) in [7, 11) is -3.29. The molecule has 0 fully saturated rings. The van der Waals surface area contributed by atoms with Crippen LogP contribution in [0.25, 0.3) is 0 Å². The summed E-state index contributed by atoms with van der Waals surface area (Å²) >= 11 is 0. The van der Waals surface area contributed by atoms with Gasteiger partial charge in [-0.1, -0.05) is 13.0 Å². The van der Waals surface area contributed by atoms with Gasteiger partial charge in [-0.3, -0.25) is 4.72 Å². The minimum Gasteiger partial charge on any atom is -0.508 e. The number of phenols is 1. The van der Waals surface area contributed by atoms with Crippen LogP contribution in [0.4, 0.5) is 5.69 Å². The van der Waals surface area contributed by atoms with Crippen LogP contribution >= 0.6 is 0 Å². The molecule has 0 spiro atoms. The van der Waals surface area contributed by atoms with Gasteiger partial charge in [0.25, 0.3) is 0 Å². The summed E-state index contributed by atoms with van der Waals surface area (Å²) in [4.78, 5) is 0. The second kappa shape index (κ2) is 3.88. The molecule has 5 heteroatoms. The normalized spacial score (nSPS) is 11.3. The Morgan fingerprint density at radius 1 is 1.43 bits per heavy atom. The molecule has 4 nitrogen and oxygen atoms in total. The Labute approximate surface area is 83.6 Å². The first kappa shape index (κ1) is 10.8. The lowest BCUT2D eigenvalue weighted by Crippen LogP contribution is -2.11. The molecule has 0 bridgehead atoms. The van der Waals surface area contributed by atoms with E-state index in [1.165, 1.54) is 6.07 Å². The highest BCUT2D eigenvalue weighted by Gasteiger charge is 2.08. The Kier molecular flexibility index (Phi) is 3.00. The van der Waals surface area contributed by atoms with E-state index < -0.39 is 10.0 Å². The number of nitrogens with one attached hydrogen (secondary N) is 1. The van der Waals surface area contributed by atoms with Gasteiger partial charge in [-0.2, -0.15) is 0 Å². The quantitative estimate of drug-likeness (QED) is 0.799. The molecule has 0 unspecified atom stereocenters. The molecule has 1 aromatic carbocycles. The monoisotopic (exact) mass is 215 g/mol. The van der Waals surface area contributed by atoms with Crippen LogP contribution in [0.2, 0.25) is 0 Å². The fraction of sp³-hybridized carbons (Fsp3) is 0.333. The molecule has 78 valence electrons. The molecule has 0 saturated carbocycles. The molecule has 0 heterocycles. The molecule has 0 aliphatic carbocycles. The highest BCUT2D eigenvalue weighted by Crippen LogP contribution is 2.26. The Hall–Kier alpha value is -1.23. The number of hydrogen-bond donors (Lipinski definition) is 2. The van der Waals surface area contributed by atoms with Crippen molar-refractivity contribution in [3.63, 3.8) is 0 Å². The number of phenolic OH excluding ortho intramolecular Hbond substituents is 1. The van der Waals surface area contributed by atoms with Crippen LogP contribution < -0.4 is 4.72 Å². The summed E-state index contributed by atoms with van der Waals surface area (Å²) in [5, 5.41) is 9.45. The van der Waals surface area contributed by atoms with Gasteiger partial charge in [0.05, 0.1) is 11.9 Å². The van der Waals surface area contributed by atoms with Crippen LogP contribution in [-0.2, 0) is 16.4 Å². The molecular formula is C9H13NO3S. The SMILES string of the molecule is CCc1c(O)cccc1NS(C)(=O)=O. The second-order valence-corrected chi connectivity index (χ2v) is 4.78. The van der Waals surface area contributed by atoms with E-state index in [-0.39, 0.29) is 5.75 Å². The second-order valence-electron chi connectivity index (χ2n) is 3.03. The van der Waals surface area contributed by atoms with Crippen molar-refractivity contribution in [3.8, 4) is 5.75 Å². The molecule has 0 atom stereocenters. The maximum Gasteiger partial charge on any atom is 0.229 e.